The summed E-state index contributed by atoms with van der Waals surface area (Å²) < 4.78 is 10.7. The SMILES string of the molecule is COc1ccc(-c2csc(NC(=O)COc3ccc(C(=O)c4ccccc4)cc3)n2)cc1. The van der Waals surface area contributed by atoms with Gasteiger partial charge in [0, 0.05) is 22.1 Å². The summed E-state index contributed by atoms with van der Waals surface area (Å²) in [5, 5.41) is 5.11. The van der Waals surface area contributed by atoms with Gasteiger partial charge < -0.3 is 9.47 Å². The van der Waals surface area contributed by atoms with E-state index in [0.717, 1.165) is 17.0 Å². The Kier molecular flexibility index (Phi) is 6.57. The lowest BCUT2D eigenvalue weighted by Crippen LogP contribution is -2.20. The molecular formula is C25H20N2O4S. The number of benzene rings is 3. The number of ketones is 1. The van der Waals surface area contributed by atoms with Gasteiger partial charge in [-0.15, -0.1) is 11.3 Å². The molecule has 4 rings (SSSR count). The zero-order valence-electron chi connectivity index (χ0n) is 17.3. The van der Waals surface area contributed by atoms with E-state index < -0.39 is 0 Å². The van der Waals surface area contributed by atoms with E-state index in [9.17, 15) is 9.59 Å². The van der Waals surface area contributed by atoms with E-state index in [1.165, 1.54) is 11.3 Å². The Morgan fingerprint density at radius 2 is 1.53 bits per heavy atom. The number of thiazole rings is 1. The quantitative estimate of drug-likeness (QED) is 0.384. The highest BCUT2D eigenvalue weighted by Gasteiger charge is 2.11. The van der Waals surface area contributed by atoms with E-state index >= 15 is 0 Å². The van der Waals surface area contributed by atoms with Gasteiger partial charge in [-0.05, 0) is 48.5 Å². The Morgan fingerprint density at radius 3 is 2.22 bits per heavy atom. The third kappa shape index (κ3) is 5.19. The van der Waals surface area contributed by atoms with Crippen molar-refractivity contribution < 1.29 is 19.1 Å². The zero-order valence-corrected chi connectivity index (χ0v) is 18.1. The van der Waals surface area contributed by atoms with Gasteiger partial charge in [0.25, 0.3) is 5.91 Å². The van der Waals surface area contributed by atoms with Crippen LogP contribution < -0.4 is 14.8 Å². The Bertz CT molecular complexity index is 1200. The minimum Gasteiger partial charge on any atom is -0.497 e. The predicted octanol–water partition coefficient (Wildman–Crippen LogP) is 5.07. The monoisotopic (exact) mass is 444 g/mol. The molecule has 4 aromatic rings. The minimum absolute atomic E-state index is 0.0636. The number of carbonyl (C=O) groups excluding carboxylic acids is 2. The number of anilines is 1. The molecule has 0 unspecified atom stereocenters. The number of hydrogen-bond acceptors (Lipinski definition) is 6. The lowest BCUT2D eigenvalue weighted by Gasteiger charge is -2.07. The van der Waals surface area contributed by atoms with Gasteiger partial charge in [0.2, 0.25) is 0 Å². The molecular weight excluding hydrogens is 424 g/mol. The van der Waals surface area contributed by atoms with Crippen molar-refractivity contribution in [1.82, 2.24) is 4.98 Å². The van der Waals surface area contributed by atoms with Crippen LogP contribution in [-0.4, -0.2) is 30.4 Å². The van der Waals surface area contributed by atoms with Crippen LogP contribution in [0.1, 0.15) is 15.9 Å². The van der Waals surface area contributed by atoms with Gasteiger partial charge in [-0.3, -0.25) is 14.9 Å². The highest BCUT2D eigenvalue weighted by atomic mass is 32.1. The van der Waals surface area contributed by atoms with Gasteiger partial charge in [-0.2, -0.15) is 0 Å². The summed E-state index contributed by atoms with van der Waals surface area (Å²) in [6.45, 7) is -0.163. The van der Waals surface area contributed by atoms with E-state index in [0.29, 0.717) is 22.0 Å². The Balaban J connectivity index is 1.30. The molecule has 0 saturated carbocycles. The molecule has 160 valence electrons. The van der Waals surface area contributed by atoms with Crippen molar-refractivity contribution in [2.75, 3.05) is 19.0 Å². The van der Waals surface area contributed by atoms with Crippen molar-refractivity contribution in [3.05, 3.63) is 95.4 Å². The highest BCUT2D eigenvalue weighted by Crippen LogP contribution is 2.26. The number of nitrogens with zero attached hydrogens (tertiary/aromatic N) is 1. The van der Waals surface area contributed by atoms with Gasteiger partial charge in [0.1, 0.15) is 11.5 Å². The average molecular weight is 445 g/mol. The molecule has 32 heavy (non-hydrogen) atoms. The second-order valence-corrected chi connectivity index (χ2v) is 7.68. The maximum absolute atomic E-state index is 12.4. The van der Waals surface area contributed by atoms with Crippen molar-refractivity contribution in [3.8, 4) is 22.8 Å². The molecule has 0 saturated heterocycles. The second-order valence-electron chi connectivity index (χ2n) is 6.82. The lowest BCUT2D eigenvalue weighted by atomic mass is 10.0. The van der Waals surface area contributed by atoms with Crippen molar-refractivity contribution in [2.45, 2.75) is 0 Å². The highest BCUT2D eigenvalue weighted by molar-refractivity contribution is 7.14. The van der Waals surface area contributed by atoms with E-state index in [1.807, 2.05) is 47.8 Å². The van der Waals surface area contributed by atoms with Crippen LogP contribution in [0.25, 0.3) is 11.3 Å². The molecule has 0 fully saturated rings. The number of methoxy groups -OCH3 is 1. The number of aromatic nitrogens is 1. The topological polar surface area (TPSA) is 77.5 Å². The molecule has 6 nitrogen and oxygen atoms in total. The van der Waals surface area contributed by atoms with Gasteiger partial charge in [-0.25, -0.2) is 4.98 Å². The second kappa shape index (κ2) is 9.89. The number of amides is 1. The average Bonchev–Trinajstić information content (AvgIpc) is 3.31. The molecule has 0 aliphatic heterocycles. The van der Waals surface area contributed by atoms with Gasteiger partial charge in [0.15, 0.2) is 17.5 Å². The van der Waals surface area contributed by atoms with Crippen LogP contribution in [-0.2, 0) is 4.79 Å². The van der Waals surface area contributed by atoms with E-state index in [1.54, 1.807) is 43.5 Å². The van der Waals surface area contributed by atoms with E-state index in [-0.39, 0.29) is 18.3 Å². The lowest BCUT2D eigenvalue weighted by molar-refractivity contribution is -0.118. The summed E-state index contributed by atoms with van der Waals surface area (Å²) in [6.07, 6.45) is 0. The summed E-state index contributed by atoms with van der Waals surface area (Å²) in [6, 6.07) is 23.3. The molecule has 0 spiro atoms. The van der Waals surface area contributed by atoms with Crippen LogP contribution in [0, 0.1) is 0 Å². The molecule has 7 heteroatoms. The van der Waals surface area contributed by atoms with E-state index in [4.69, 9.17) is 9.47 Å². The van der Waals surface area contributed by atoms with Crippen LogP contribution in [0.3, 0.4) is 0 Å². The summed E-state index contributed by atoms with van der Waals surface area (Å²) in [4.78, 5) is 29.1. The van der Waals surface area contributed by atoms with Crippen molar-refractivity contribution in [3.63, 3.8) is 0 Å². The summed E-state index contributed by atoms with van der Waals surface area (Å²) in [7, 11) is 1.62. The zero-order chi connectivity index (χ0) is 22.3. The first-order chi connectivity index (χ1) is 15.6. The van der Waals surface area contributed by atoms with E-state index in [2.05, 4.69) is 10.3 Å². The fraction of sp³-hybridized carbons (Fsp3) is 0.0800. The first-order valence-electron chi connectivity index (χ1n) is 9.85. The minimum atomic E-state index is -0.315. The third-order valence-electron chi connectivity index (χ3n) is 4.66. The molecule has 0 atom stereocenters. The van der Waals surface area contributed by atoms with Crippen LogP contribution in [0.5, 0.6) is 11.5 Å². The first-order valence-corrected chi connectivity index (χ1v) is 10.7. The van der Waals surface area contributed by atoms with Crippen molar-refractivity contribution in [1.29, 1.82) is 0 Å². The third-order valence-corrected chi connectivity index (χ3v) is 5.42. The van der Waals surface area contributed by atoms with Gasteiger partial charge in [0.05, 0.1) is 12.8 Å². The molecule has 1 amide bonds. The molecule has 3 aromatic carbocycles. The Labute approximate surface area is 189 Å². The largest absolute Gasteiger partial charge is 0.497 e. The smallest absolute Gasteiger partial charge is 0.264 e. The molecule has 0 radical (unpaired) electrons. The fourth-order valence-corrected chi connectivity index (χ4v) is 3.72. The maximum atomic E-state index is 12.4. The molecule has 0 aliphatic rings. The molecule has 1 N–H and O–H groups in total. The summed E-state index contributed by atoms with van der Waals surface area (Å²) in [5.41, 5.74) is 2.89. The van der Waals surface area contributed by atoms with Crippen molar-refractivity contribution >= 4 is 28.2 Å². The summed E-state index contributed by atoms with van der Waals surface area (Å²) in [5.74, 6) is 0.895. The van der Waals surface area contributed by atoms with Crippen molar-refractivity contribution in [2.24, 2.45) is 0 Å². The summed E-state index contributed by atoms with van der Waals surface area (Å²) >= 11 is 1.34. The molecule has 1 aromatic heterocycles. The molecule has 1 heterocycles. The Morgan fingerprint density at radius 1 is 0.875 bits per heavy atom. The number of rotatable bonds is 8. The number of ether oxygens (including phenoxy) is 2. The molecule has 0 bridgehead atoms. The van der Waals surface area contributed by atoms with Gasteiger partial charge >= 0.3 is 0 Å². The Hall–Kier alpha value is -3.97. The van der Waals surface area contributed by atoms with Crippen LogP contribution >= 0.6 is 11.3 Å². The normalized spacial score (nSPS) is 10.4. The van der Waals surface area contributed by atoms with Crippen LogP contribution in [0.15, 0.2) is 84.2 Å². The molecule has 0 aliphatic carbocycles. The number of nitrogens with one attached hydrogen (secondary N) is 1. The number of carbonyl (C=O) groups is 2. The standard InChI is InChI=1S/C25H20N2O4S/c1-30-20-11-7-17(8-12-20)22-16-32-25(26-22)27-23(28)15-31-21-13-9-19(10-14-21)24(29)18-5-3-2-4-6-18/h2-14,16H,15H2,1H3,(H,26,27,28). The van der Waals surface area contributed by atoms with Gasteiger partial charge in [-0.1, -0.05) is 30.3 Å². The van der Waals surface area contributed by atoms with Crippen LogP contribution in [0.2, 0.25) is 0 Å². The predicted molar refractivity (Wildman–Crippen MR) is 125 cm³/mol. The fourth-order valence-electron chi connectivity index (χ4n) is 2.99. The first kappa shape index (κ1) is 21.3. The number of hydrogen-bond donors (Lipinski definition) is 1. The maximum Gasteiger partial charge on any atom is 0.264 e. The van der Waals surface area contributed by atoms with Crippen LogP contribution in [0.4, 0.5) is 5.13 Å².